The van der Waals surface area contributed by atoms with Crippen molar-refractivity contribution in [3.63, 3.8) is 0 Å². The summed E-state index contributed by atoms with van der Waals surface area (Å²) in [5, 5.41) is 3.58. The molecule has 1 fully saturated rings. The first-order chi connectivity index (χ1) is 15.1. The first-order valence-electron chi connectivity index (χ1n) is 9.71. The van der Waals surface area contributed by atoms with Crippen LogP contribution >= 0.6 is 34.8 Å². The van der Waals surface area contributed by atoms with Gasteiger partial charge in [0.25, 0.3) is 0 Å². The second-order valence-electron chi connectivity index (χ2n) is 7.38. The minimum Gasteiger partial charge on any atom is -0.465 e. The monoisotopic (exact) mass is 518 g/mol. The summed E-state index contributed by atoms with van der Waals surface area (Å²) in [5.41, 5.74) is 1.01. The van der Waals surface area contributed by atoms with Crippen LogP contribution in [0.25, 0.3) is 0 Å². The lowest BCUT2D eigenvalue weighted by Gasteiger charge is -2.31. The molecular formula is C21H21Cl3N2O5S. The number of carbonyl (C=O) groups is 2. The quantitative estimate of drug-likeness (QED) is 0.563. The molecular weight excluding hydrogens is 499 g/mol. The Morgan fingerprint density at radius 3 is 2.50 bits per heavy atom. The van der Waals surface area contributed by atoms with Gasteiger partial charge in [-0.3, -0.25) is 4.79 Å². The Kier molecular flexibility index (Phi) is 8.06. The van der Waals surface area contributed by atoms with Gasteiger partial charge in [-0.05, 0) is 48.7 Å². The number of ether oxygens (including phenoxy) is 1. The van der Waals surface area contributed by atoms with E-state index in [1.54, 1.807) is 12.1 Å². The first kappa shape index (κ1) is 24.8. The van der Waals surface area contributed by atoms with E-state index in [2.05, 4.69) is 10.1 Å². The molecule has 1 aliphatic heterocycles. The molecule has 3 rings (SSSR count). The van der Waals surface area contributed by atoms with Crippen LogP contribution < -0.4 is 5.32 Å². The maximum absolute atomic E-state index is 12.9. The van der Waals surface area contributed by atoms with E-state index in [1.165, 1.54) is 35.7 Å². The highest BCUT2D eigenvalue weighted by atomic mass is 35.5. The van der Waals surface area contributed by atoms with Gasteiger partial charge in [-0.2, -0.15) is 0 Å². The van der Waals surface area contributed by atoms with Gasteiger partial charge in [0.05, 0.1) is 45.1 Å². The Labute approximate surface area is 201 Å². The Morgan fingerprint density at radius 1 is 1.09 bits per heavy atom. The lowest BCUT2D eigenvalue weighted by molar-refractivity contribution is -0.120. The number of methoxy groups -OCH3 is 1. The third kappa shape index (κ3) is 5.94. The van der Waals surface area contributed by atoms with E-state index in [-0.39, 0.29) is 39.5 Å². The summed E-state index contributed by atoms with van der Waals surface area (Å²) in [4.78, 5) is 24.6. The van der Waals surface area contributed by atoms with Crippen molar-refractivity contribution in [2.75, 3.05) is 25.5 Å². The minimum atomic E-state index is -3.67. The number of nitrogens with one attached hydrogen (secondary N) is 1. The highest BCUT2D eigenvalue weighted by Gasteiger charge is 2.32. The number of anilines is 1. The minimum absolute atomic E-state index is 0.0454. The molecule has 32 heavy (non-hydrogen) atoms. The second kappa shape index (κ2) is 10.4. The van der Waals surface area contributed by atoms with E-state index < -0.39 is 21.9 Å². The fourth-order valence-corrected chi connectivity index (χ4v) is 5.52. The molecule has 1 amide bonds. The molecule has 172 valence electrons. The second-order valence-corrected chi connectivity index (χ2v) is 10.6. The molecule has 0 spiro atoms. The predicted molar refractivity (Wildman–Crippen MR) is 125 cm³/mol. The highest BCUT2D eigenvalue weighted by Crippen LogP contribution is 2.28. The largest absolute Gasteiger partial charge is 0.465 e. The number of piperidine rings is 1. The first-order valence-corrected chi connectivity index (χ1v) is 12.5. The zero-order valence-corrected chi connectivity index (χ0v) is 20.2. The van der Waals surface area contributed by atoms with Gasteiger partial charge in [-0.15, -0.1) is 0 Å². The summed E-state index contributed by atoms with van der Waals surface area (Å²) in [6.07, 6.45) is 1.06. The van der Waals surface area contributed by atoms with Gasteiger partial charge < -0.3 is 10.1 Å². The molecule has 1 heterocycles. The number of benzene rings is 2. The van der Waals surface area contributed by atoms with E-state index in [9.17, 15) is 18.0 Å². The number of carbonyl (C=O) groups excluding carboxylic acids is 2. The van der Waals surface area contributed by atoms with E-state index >= 15 is 0 Å². The van der Waals surface area contributed by atoms with Crippen LogP contribution in [0.4, 0.5) is 5.69 Å². The third-order valence-electron chi connectivity index (χ3n) is 5.13. The third-order valence-corrected chi connectivity index (χ3v) is 8.01. The predicted octanol–water partition coefficient (Wildman–Crippen LogP) is 4.61. The summed E-state index contributed by atoms with van der Waals surface area (Å²) >= 11 is 18.0. The number of hydrogen-bond donors (Lipinski definition) is 1. The van der Waals surface area contributed by atoms with Crippen molar-refractivity contribution in [1.82, 2.24) is 4.31 Å². The van der Waals surface area contributed by atoms with Gasteiger partial charge in [0, 0.05) is 13.1 Å². The number of halogens is 3. The van der Waals surface area contributed by atoms with E-state index in [1.807, 2.05) is 0 Å². The normalized spacial score (nSPS) is 17.1. The molecule has 2 aromatic carbocycles. The van der Waals surface area contributed by atoms with Crippen LogP contribution in [-0.4, -0.2) is 44.8 Å². The van der Waals surface area contributed by atoms with Crippen LogP contribution in [0.15, 0.2) is 36.4 Å². The molecule has 0 unspecified atom stereocenters. The summed E-state index contributed by atoms with van der Waals surface area (Å²) in [7, 11) is -2.42. The molecule has 1 aliphatic rings. The smallest absolute Gasteiger partial charge is 0.337 e. The summed E-state index contributed by atoms with van der Waals surface area (Å²) in [6, 6.07) is 9.07. The molecule has 2 aromatic rings. The maximum atomic E-state index is 12.9. The molecule has 0 saturated carbocycles. The fourth-order valence-electron chi connectivity index (χ4n) is 3.44. The molecule has 1 N–H and O–H groups in total. The number of hydrogen-bond acceptors (Lipinski definition) is 5. The van der Waals surface area contributed by atoms with E-state index in [4.69, 9.17) is 34.8 Å². The highest BCUT2D eigenvalue weighted by molar-refractivity contribution is 7.88. The topological polar surface area (TPSA) is 92.8 Å². The van der Waals surface area contributed by atoms with Crippen molar-refractivity contribution in [3.8, 4) is 0 Å². The fraction of sp³-hybridized carbons (Fsp3) is 0.333. The molecule has 0 aromatic heterocycles. The van der Waals surface area contributed by atoms with E-state index in [0.29, 0.717) is 30.0 Å². The lowest BCUT2D eigenvalue weighted by atomic mass is 9.98. The zero-order chi connectivity index (χ0) is 23.5. The van der Waals surface area contributed by atoms with Gasteiger partial charge in [-0.25, -0.2) is 17.5 Å². The lowest BCUT2D eigenvalue weighted by Crippen LogP contribution is -2.44. The van der Waals surface area contributed by atoms with Crippen molar-refractivity contribution >= 4 is 62.4 Å². The van der Waals surface area contributed by atoms with Crippen LogP contribution in [0.5, 0.6) is 0 Å². The number of sulfonamides is 1. The molecule has 11 heteroatoms. The molecule has 1 atom stereocenters. The van der Waals surface area contributed by atoms with Crippen molar-refractivity contribution in [2.45, 2.75) is 18.6 Å². The summed E-state index contributed by atoms with van der Waals surface area (Å²) < 4.78 is 31.9. The average molecular weight is 520 g/mol. The maximum Gasteiger partial charge on any atom is 0.337 e. The van der Waals surface area contributed by atoms with Crippen molar-refractivity contribution in [3.05, 3.63) is 62.6 Å². The van der Waals surface area contributed by atoms with Crippen LogP contribution in [0.1, 0.15) is 28.8 Å². The standard InChI is InChI=1S/C21H21Cl3N2O5S/c1-31-21(28)14-5-7-17(23)19(10-14)25-20(27)15-3-2-8-26(11-15)32(29,30)12-13-4-6-16(22)18(24)9-13/h4-7,9-10,15H,2-3,8,11-12H2,1H3,(H,25,27)/t15-/m0/s1. The van der Waals surface area contributed by atoms with Crippen molar-refractivity contribution in [2.24, 2.45) is 5.92 Å². The average Bonchev–Trinajstić information content (AvgIpc) is 2.77. The van der Waals surface area contributed by atoms with Gasteiger partial charge in [0.1, 0.15) is 0 Å². The van der Waals surface area contributed by atoms with Crippen LogP contribution in [0, 0.1) is 5.92 Å². The molecule has 0 radical (unpaired) electrons. The Morgan fingerprint density at radius 2 is 1.81 bits per heavy atom. The van der Waals surface area contributed by atoms with Gasteiger partial charge in [-0.1, -0.05) is 40.9 Å². The van der Waals surface area contributed by atoms with Gasteiger partial charge in [0.15, 0.2) is 0 Å². The van der Waals surface area contributed by atoms with Crippen molar-refractivity contribution < 1.29 is 22.7 Å². The number of amides is 1. The number of nitrogens with zero attached hydrogens (tertiary/aromatic N) is 1. The SMILES string of the molecule is COC(=O)c1ccc(Cl)c(NC(=O)[C@H]2CCCN(S(=O)(=O)Cc3ccc(Cl)c(Cl)c3)C2)c1. The Hall–Kier alpha value is -1.84. The van der Waals surface area contributed by atoms with E-state index in [0.717, 1.165) is 0 Å². The molecule has 7 nitrogen and oxygen atoms in total. The summed E-state index contributed by atoms with van der Waals surface area (Å²) in [5.74, 6) is -1.74. The number of esters is 1. The molecule has 0 aliphatic carbocycles. The Bertz CT molecular complexity index is 1140. The van der Waals surface area contributed by atoms with Crippen LogP contribution in [0.2, 0.25) is 15.1 Å². The zero-order valence-electron chi connectivity index (χ0n) is 17.1. The summed E-state index contributed by atoms with van der Waals surface area (Å²) in [6.45, 7) is 0.371. The van der Waals surface area contributed by atoms with Gasteiger partial charge >= 0.3 is 5.97 Å². The van der Waals surface area contributed by atoms with Gasteiger partial charge in [0.2, 0.25) is 15.9 Å². The van der Waals surface area contributed by atoms with Crippen LogP contribution in [-0.2, 0) is 25.3 Å². The molecule has 0 bridgehead atoms. The number of rotatable bonds is 6. The molecule has 1 saturated heterocycles. The van der Waals surface area contributed by atoms with Crippen molar-refractivity contribution in [1.29, 1.82) is 0 Å². The Balaban J connectivity index is 1.70. The van der Waals surface area contributed by atoms with Crippen LogP contribution in [0.3, 0.4) is 0 Å².